The molecule has 0 saturated carbocycles. The van der Waals surface area contributed by atoms with Crippen LogP contribution in [0.15, 0.2) is 6.07 Å². The van der Waals surface area contributed by atoms with E-state index in [0.29, 0.717) is 6.42 Å². The number of hydrogen-bond donors (Lipinski definition) is 1. The molecule has 7 heteroatoms. The van der Waals surface area contributed by atoms with E-state index in [2.05, 4.69) is 21.2 Å². The maximum absolute atomic E-state index is 12.4. The molecule has 0 aliphatic rings. The van der Waals surface area contributed by atoms with Gasteiger partial charge in [0.1, 0.15) is 5.82 Å². The highest BCUT2D eigenvalue weighted by Crippen LogP contribution is 2.29. The van der Waals surface area contributed by atoms with Gasteiger partial charge in [0.2, 0.25) is 5.28 Å². The fourth-order valence-corrected chi connectivity index (χ4v) is 1.26. The first-order valence-electron chi connectivity index (χ1n) is 4.71. The van der Waals surface area contributed by atoms with Crippen LogP contribution in [0.5, 0.6) is 0 Å². The molecule has 0 bridgehead atoms. The minimum Gasteiger partial charge on any atom is -0.356 e. The molecule has 0 aliphatic heterocycles. The molecule has 1 N–H and O–H groups in total. The van der Waals surface area contributed by atoms with E-state index in [9.17, 15) is 13.2 Å². The van der Waals surface area contributed by atoms with Gasteiger partial charge in [0.25, 0.3) is 0 Å². The Morgan fingerprint density at radius 1 is 1.53 bits per heavy atom. The van der Waals surface area contributed by atoms with Gasteiger partial charge in [-0.3, -0.25) is 0 Å². The van der Waals surface area contributed by atoms with Crippen LogP contribution in [0.25, 0.3) is 0 Å². The van der Waals surface area contributed by atoms with Crippen molar-refractivity contribution in [3.05, 3.63) is 17.0 Å². The summed E-state index contributed by atoms with van der Waals surface area (Å²) in [5.41, 5.74) is -1.10. The SMILES string of the molecule is C#CC(CC)Nc1cc(C(F)(F)F)nc(Cl)n1. The van der Waals surface area contributed by atoms with E-state index in [-0.39, 0.29) is 5.82 Å². The molecule has 92 valence electrons. The minimum atomic E-state index is -4.57. The van der Waals surface area contributed by atoms with Gasteiger partial charge in [0.05, 0.1) is 6.04 Å². The van der Waals surface area contributed by atoms with Crippen LogP contribution in [0.3, 0.4) is 0 Å². The summed E-state index contributed by atoms with van der Waals surface area (Å²) in [7, 11) is 0. The van der Waals surface area contributed by atoms with Crippen molar-refractivity contribution in [3.63, 3.8) is 0 Å². The van der Waals surface area contributed by atoms with Gasteiger partial charge in [0.15, 0.2) is 5.69 Å². The standard InChI is InChI=1S/C10H9ClF3N3/c1-3-6(4-2)15-8-5-7(10(12,13)14)16-9(11)17-8/h1,5-6H,4H2,2H3,(H,15,16,17). The summed E-state index contributed by atoms with van der Waals surface area (Å²) >= 11 is 5.41. The number of aromatic nitrogens is 2. The summed E-state index contributed by atoms with van der Waals surface area (Å²) < 4.78 is 37.3. The molecule has 1 atom stereocenters. The third-order valence-corrected chi connectivity index (χ3v) is 2.09. The highest BCUT2D eigenvalue weighted by Gasteiger charge is 2.33. The van der Waals surface area contributed by atoms with Crippen LogP contribution < -0.4 is 5.32 Å². The number of alkyl halides is 3. The second-order valence-electron chi connectivity index (χ2n) is 3.18. The van der Waals surface area contributed by atoms with Gasteiger partial charge in [-0.25, -0.2) is 9.97 Å². The highest BCUT2D eigenvalue weighted by molar-refractivity contribution is 6.28. The van der Waals surface area contributed by atoms with E-state index in [1.165, 1.54) is 0 Å². The Bertz CT molecular complexity index is 439. The smallest absolute Gasteiger partial charge is 0.356 e. The van der Waals surface area contributed by atoms with Gasteiger partial charge in [-0.2, -0.15) is 13.2 Å². The van der Waals surface area contributed by atoms with Crippen molar-refractivity contribution in [2.75, 3.05) is 5.32 Å². The summed E-state index contributed by atoms with van der Waals surface area (Å²) in [6.07, 6.45) is 1.17. The molecule has 0 radical (unpaired) electrons. The number of halogens is 4. The first kappa shape index (κ1) is 13.6. The Morgan fingerprint density at radius 2 is 2.18 bits per heavy atom. The molecule has 0 aliphatic carbocycles. The summed E-state index contributed by atoms with van der Waals surface area (Å²) in [5.74, 6) is 2.34. The number of rotatable bonds is 3. The molecule has 1 rings (SSSR count). The lowest BCUT2D eigenvalue weighted by molar-refractivity contribution is -0.141. The Labute approximate surface area is 101 Å². The number of nitrogens with zero attached hydrogens (tertiary/aromatic N) is 2. The van der Waals surface area contributed by atoms with Crippen molar-refractivity contribution in [2.24, 2.45) is 0 Å². The van der Waals surface area contributed by atoms with Crippen LogP contribution in [-0.4, -0.2) is 16.0 Å². The van der Waals surface area contributed by atoms with Crippen molar-refractivity contribution >= 4 is 17.4 Å². The lowest BCUT2D eigenvalue weighted by Gasteiger charge is -2.13. The topological polar surface area (TPSA) is 37.8 Å². The van der Waals surface area contributed by atoms with Crippen LogP contribution >= 0.6 is 11.6 Å². The van der Waals surface area contributed by atoms with Gasteiger partial charge in [0, 0.05) is 6.07 Å². The molecular weight excluding hydrogens is 255 g/mol. The maximum Gasteiger partial charge on any atom is 0.433 e. The van der Waals surface area contributed by atoms with Crippen molar-refractivity contribution < 1.29 is 13.2 Å². The largest absolute Gasteiger partial charge is 0.433 e. The molecule has 0 saturated heterocycles. The minimum absolute atomic E-state index is 0.0397. The summed E-state index contributed by atoms with van der Waals surface area (Å²) in [6, 6.07) is 0.369. The third kappa shape index (κ3) is 3.79. The Hall–Kier alpha value is -1.48. The Morgan fingerprint density at radius 3 is 2.65 bits per heavy atom. The zero-order valence-electron chi connectivity index (χ0n) is 8.85. The first-order valence-corrected chi connectivity index (χ1v) is 5.09. The molecular formula is C10H9ClF3N3. The Balaban J connectivity index is 3.03. The second kappa shape index (κ2) is 5.23. The molecule has 1 heterocycles. The fourth-order valence-electron chi connectivity index (χ4n) is 1.08. The van der Waals surface area contributed by atoms with Crippen LogP contribution in [0.4, 0.5) is 19.0 Å². The zero-order chi connectivity index (χ0) is 13.1. The van der Waals surface area contributed by atoms with Crippen LogP contribution in [-0.2, 0) is 6.18 Å². The fraction of sp³-hybridized carbons (Fsp3) is 0.400. The van der Waals surface area contributed by atoms with Gasteiger partial charge in [-0.1, -0.05) is 12.8 Å². The molecule has 17 heavy (non-hydrogen) atoms. The molecule has 0 spiro atoms. The zero-order valence-corrected chi connectivity index (χ0v) is 9.60. The van der Waals surface area contributed by atoms with Crippen LogP contribution in [0, 0.1) is 12.3 Å². The second-order valence-corrected chi connectivity index (χ2v) is 3.52. The third-order valence-electron chi connectivity index (χ3n) is 1.92. The van der Waals surface area contributed by atoms with Crippen molar-refractivity contribution in [1.29, 1.82) is 0 Å². The monoisotopic (exact) mass is 263 g/mol. The molecule has 1 unspecified atom stereocenters. The van der Waals surface area contributed by atoms with Crippen molar-refractivity contribution in [3.8, 4) is 12.3 Å². The molecule has 3 nitrogen and oxygen atoms in total. The molecule has 1 aromatic heterocycles. The quantitative estimate of drug-likeness (QED) is 0.673. The highest BCUT2D eigenvalue weighted by atomic mass is 35.5. The van der Waals surface area contributed by atoms with E-state index in [0.717, 1.165) is 6.07 Å². The van der Waals surface area contributed by atoms with E-state index < -0.39 is 23.2 Å². The van der Waals surface area contributed by atoms with Gasteiger partial charge >= 0.3 is 6.18 Å². The number of hydrogen-bond acceptors (Lipinski definition) is 3. The lowest BCUT2D eigenvalue weighted by Crippen LogP contribution is -2.18. The summed E-state index contributed by atoms with van der Waals surface area (Å²) in [6.45, 7) is 1.80. The van der Waals surface area contributed by atoms with Gasteiger partial charge in [-0.05, 0) is 18.0 Å². The van der Waals surface area contributed by atoms with Gasteiger partial charge < -0.3 is 5.32 Å². The maximum atomic E-state index is 12.4. The average Bonchev–Trinajstić information content (AvgIpc) is 2.24. The average molecular weight is 264 g/mol. The molecule has 0 amide bonds. The van der Waals surface area contributed by atoms with Crippen LogP contribution in [0.2, 0.25) is 5.28 Å². The predicted molar refractivity (Wildman–Crippen MR) is 58.6 cm³/mol. The van der Waals surface area contributed by atoms with E-state index >= 15 is 0 Å². The molecule has 0 fully saturated rings. The van der Waals surface area contributed by atoms with Crippen molar-refractivity contribution in [1.82, 2.24) is 9.97 Å². The molecule has 0 aromatic carbocycles. The van der Waals surface area contributed by atoms with Crippen molar-refractivity contribution in [2.45, 2.75) is 25.6 Å². The van der Waals surface area contributed by atoms with E-state index in [1.807, 2.05) is 0 Å². The Kier molecular flexibility index (Phi) is 4.18. The summed E-state index contributed by atoms with van der Waals surface area (Å²) in [4.78, 5) is 6.73. The lowest BCUT2D eigenvalue weighted by atomic mass is 10.2. The number of nitrogens with one attached hydrogen (secondary N) is 1. The summed E-state index contributed by atoms with van der Waals surface area (Å²) in [5, 5.41) is 2.18. The van der Waals surface area contributed by atoms with Crippen LogP contribution in [0.1, 0.15) is 19.0 Å². The van der Waals surface area contributed by atoms with E-state index in [1.54, 1.807) is 6.92 Å². The van der Waals surface area contributed by atoms with Gasteiger partial charge in [-0.15, -0.1) is 6.42 Å². The molecule has 1 aromatic rings. The number of anilines is 1. The number of terminal acetylenes is 1. The first-order chi connectivity index (χ1) is 7.86. The van der Waals surface area contributed by atoms with E-state index in [4.69, 9.17) is 18.0 Å². The predicted octanol–water partition coefficient (Wildman–Crippen LogP) is 2.97. The normalized spacial score (nSPS) is 12.9.